The zero-order valence-corrected chi connectivity index (χ0v) is 12.2. The maximum absolute atomic E-state index is 13.6. The third-order valence-electron chi connectivity index (χ3n) is 2.65. The Hall–Kier alpha value is -1.85. The van der Waals surface area contributed by atoms with Crippen LogP contribution in [0, 0.1) is 11.6 Å². The molecule has 0 aliphatic rings. The summed E-state index contributed by atoms with van der Waals surface area (Å²) in [6.45, 7) is 0. The number of hydrogen-bond donors (Lipinski definition) is 1. The number of nitrogens with one attached hydrogen (secondary N) is 1. The highest BCUT2D eigenvalue weighted by Crippen LogP contribution is 2.28. The van der Waals surface area contributed by atoms with E-state index >= 15 is 0 Å². The van der Waals surface area contributed by atoms with Gasteiger partial charge in [-0.25, -0.2) is 8.78 Å². The highest BCUT2D eigenvalue weighted by Gasteiger charge is 2.17. The van der Waals surface area contributed by atoms with Gasteiger partial charge in [-0.05, 0) is 12.1 Å². The van der Waals surface area contributed by atoms with Gasteiger partial charge in [-0.15, -0.1) is 0 Å². The Morgan fingerprint density at radius 3 is 2.14 bits per heavy atom. The second kappa shape index (κ2) is 6.28. The van der Waals surface area contributed by atoms with Crippen LogP contribution in [0.25, 0.3) is 0 Å². The molecule has 2 aromatic carbocycles. The number of ether oxygens (including phenoxy) is 1. The van der Waals surface area contributed by atoms with Crippen LogP contribution in [0.4, 0.5) is 14.5 Å². The van der Waals surface area contributed by atoms with Crippen LogP contribution in [-0.2, 0) is 0 Å². The number of halogens is 4. The molecule has 0 aliphatic heterocycles. The molecule has 0 saturated heterocycles. The predicted octanol–water partition coefficient (Wildman–Crippen LogP) is 4.53. The molecule has 0 aliphatic carbocycles. The van der Waals surface area contributed by atoms with Crippen molar-refractivity contribution in [2.45, 2.75) is 0 Å². The quantitative estimate of drug-likeness (QED) is 0.897. The first-order chi connectivity index (χ1) is 9.93. The number of benzene rings is 2. The number of anilines is 1. The SMILES string of the molecule is COc1c(F)cc(NC(=O)c2c(Cl)cccc2Cl)cc1F. The Kier molecular flexibility index (Phi) is 4.65. The minimum Gasteiger partial charge on any atom is -0.491 e. The molecule has 110 valence electrons. The zero-order chi connectivity index (χ0) is 15.6. The van der Waals surface area contributed by atoms with Gasteiger partial charge in [-0.3, -0.25) is 4.79 Å². The van der Waals surface area contributed by atoms with Crippen LogP contribution in [0.15, 0.2) is 30.3 Å². The van der Waals surface area contributed by atoms with Crippen LogP contribution in [0.5, 0.6) is 5.75 Å². The fourth-order valence-corrected chi connectivity index (χ4v) is 2.30. The second-order valence-electron chi connectivity index (χ2n) is 4.02. The molecule has 1 N–H and O–H groups in total. The largest absolute Gasteiger partial charge is 0.491 e. The van der Waals surface area contributed by atoms with Gasteiger partial charge < -0.3 is 10.1 Å². The fourth-order valence-electron chi connectivity index (χ4n) is 1.74. The number of methoxy groups -OCH3 is 1. The highest BCUT2D eigenvalue weighted by molar-refractivity contribution is 6.40. The van der Waals surface area contributed by atoms with E-state index in [1.807, 2.05) is 0 Å². The Labute approximate surface area is 129 Å². The molecule has 0 unspecified atom stereocenters. The van der Waals surface area contributed by atoms with Gasteiger partial charge in [0, 0.05) is 17.8 Å². The first-order valence-corrected chi connectivity index (χ1v) is 6.48. The highest BCUT2D eigenvalue weighted by atomic mass is 35.5. The molecule has 0 aromatic heterocycles. The van der Waals surface area contributed by atoms with Crippen molar-refractivity contribution in [2.24, 2.45) is 0 Å². The molecule has 0 bridgehead atoms. The van der Waals surface area contributed by atoms with E-state index in [9.17, 15) is 13.6 Å². The van der Waals surface area contributed by atoms with Crippen LogP contribution in [0.3, 0.4) is 0 Å². The molecule has 3 nitrogen and oxygen atoms in total. The van der Waals surface area contributed by atoms with Crippen LogP contribution in [0.1, 0.15) is 10.4 Å². The minimum absolute atomic E-state index is 0.0254. The Morgan fingerprint density at radius 1 is 1.14 bits per heavy atom. The first-order valence-electron chi connectivity index (χ1n) is 5.72. The molecule has 2 rings (SSSR count). The molecule has 0 heterocycles. The van der Waals surface area contributed by atoms with Crippen molar-refractivity contribution in [3.63, 3.8) is 0 Å². The summed E-state index contributed by atoms with van der Waals surface area (Å²) < 4.78 is 31.7. The maximum atomic E-state index is 13.6. The Balaban J connectivity index is 2.32. The standard InChI is InChI=1S/C14H9Cl2F2NO2/c1-21-13-10(17)5-7(6-11(13)18)19-14(20)12-8(15)3-2-4-9(12)16/h2-6H,1H3,(H,19,20). The van der Waals surface area contributed by atoms with Gasteiger partial charge >= 0.3 is 0 Å². The van der Waals surface area contributed by atoms with E-state index < -0.39 is 23.3 Å². The van der Waals surface area contributed by atoms with Crippen molar-refractivity contribution in [2.75, 3.05) is 12.4 Å². The van der Waals surface area contributed by atoms with Crippen molar-refractivity contribution < 1.29 is 18.3 Å². The Morgan fingerprint density at radius 2 is 1.67 bits per heavy atom. The van der Waals surface area contributed by atoms with Crippen LogP contribution < -0.4 is 10.1 Å². The van der Waals surface area contributed by atoms with E-state index in [0.29, 0.717) is 0 Å². The third kappa shape index (κ3) is 3.25. The normalized spacial score (nSPS) is 10.3. The van der Waals surface area contributed by atoms with Gasteiger partial charge in [0.15, 0.2) is 17.4 Å². The van der Waals surface area contributed by atoms with Gasteiger partial charge in [-0.1, -0.05) is 29.3 Å². The lowest BCUT2D eigenvalue weighted by atomic mass is 10.2. The van der Waals surface area contributed by atoms with E-state index in [0.717, 1.165) is 19.2 Å². The van der Waals surface area contributed by atoms with Crippen LogP contribution in [-0.4, -0.2) is 13.0 Å². The summed E-state index contributed by atoms with van der Waals surface area (Å²) >= 11 is 11.8. The molecule has 0 radical (unpaired) electrons. The third-order valence-corrected chi connectivity index (χ3v) is 3.28. The molecule has 21 heavy (non-hydrogen) atoms. The maximum Gasteiger partial charge on any atom is 0.258 e. The van der Waals surface area contributed by atoms with Gasteiger partial charge in [0.1, 0.15) is 0 Å². The summed E-state index contributed by atoms with van der Waals surface area (Å²) in [5.41, 5.74) is -0.0516. The molecular formula is C14H9Cl2F2NO2. The minimum atomic E-state index is -0.932. The molecular weight excluding hydrogens is 323 g/mol. The lowest BCUT2D eigenvalue weighted by Crippen LogP contribution is -2.13. The van der Waals surface area contributed by atoms with Gasteiger partial charge in [0.05, 0.1) is 22.7 Å². The van der Waals surface area contributed by atoms with Gasteiger partial charge in [-0.2, -0.15) is 0 Å². The van der Waals surface area contributed by atoms with Crippen LogP contribution in [0.2, 0.25) is 10.0 Å². The summed E-state index contributed by atoms with van der Waals surface area (Å²) in [6.07, 6.45) is 0. The van der Waals surface area contributed by atoms with Crippen molar-refractivity contribution in [3.05, 3.63) is 57.6 Å². The molecule has 0 saturated carbocycles. The molecule has 1 amide bonds. The molecule has 2 aromatic rings. The summed E-state index contributed by atoms with van der Waals surface area (Å²) in [4.78, 5) is 12.1. The van der Waals surface area contributed by atoms with Gasteiger partial charge in [0.25, 0.3) is 5.91 Å². The monoisotopic (exact) mass is 331 g/mol. The van der Waals surface area contributed by atoms with Gasteiger partial charge in [0.2, 0.25) is 0 Å². The number of carbonyl (C=O) groups is 1. The number of amides is 1. The predicted molar refractivity (Wildman–Crippen MR) is 77.3 cm³/mol. The van der Waals surface area contributed by atoms with E-state index in [1.54, 1.807) is 6.07 Å². The van der Waals surface area contributed by atoms with Crippen molar-refractivity contribution >= 4 is 34.8 Å². The van der Waals surface area contributed by atoms with E-state index in [2.05, 4.69) is 10.1 Å². The smallest absolute Gasteiger partial charge is 0.258 e. The lowest BCUT2D eigenvalue weighted by Gasteiger charge is -2.10. The van der Waals surface area contributed by atoms with E-state index in [1.165, 1.54) is 12.1 Å². The molecule has 0 fully saturated rings. The summed E-state index contributed by atoms with van der Waals surface area (Å²) in [5, 5.41) is 2.60. The van der Waals surface area contributed by atoms with Crippen molar-refractivity contribution in [1.82, 2.24) is 0 Å². The second-order valence-corrected chi connectivity index (χ2v) is 4.84. The average molecular weight is 332 g/mol. The Bertz CT molecular complexity index is 664. The first kappa shape index (κ1) is 15.5. The molecule has 7 heteroatoms. The summed E-state index contributed by atoms with van der Waals surface area (Å²) in [5.74, 6) is -3.06. The summed E-state index contributed by atoms with van der Waals surface area (Å²) in [7, 11) is 1.14. The number of rotatable bonds is 3. The molecule has 0 spiro atoms. The van der Waals surface area contributed by atoms with Crippen LogP contribution >= 0.6 is 23.2 Å². The van der Waals surface area contributed by atoms with Crippen molar-refractivity contribution in [1.29, 1.82) is 0 Å². The number of carbonyl (C=O) groups excluding carboxylic acids is 1. The fraction of sp³-hybridized carbons (Fsp3) is 0.0714. The topological polar surface area (TPSA) is 38.3 Å². The number of hydrogen-bond acceptors (Lipinski definition) is 2. The zero-order valence-electron chi connectivity index (χ0n) is 10.7. The average Bonchev–Trinajstić information content (AvgIpc) is 2.38. The summed E-state index contributed by atoms with van der Waals surface area (Å²) in [6, 6.07) is 6.42. The van der Waals surface area contributed by atoms with E-state index in [4.69, 9.17) is 23.2 Å². The van der Waals surface area contributed by atoms with E-state index in [-0.39, 0.29) is 21.3 Å². The lowest BCUT2D eigenvalue weighted by molar-refractivity contribution is 0.102. The van der Waals surface area contributed by atoms with Crippen molar-refractivity contribution in [3.8, 4) is 5.75 Å². The molecule has 0 atom stereocenters.